The molecule has 1 N–H and O–H groups in total. The molecule has 1 aromatic carbocycles. The number of carbonyl (C=O) groups is 1. The second-order valence-corrected chi connectivity index (χ2v) is 3.74. The van der Waals surface area contributed by atoms with Gasteiger partial charge in [0.05, 0.1) is 0 Å². The number of pyridine rings is 1. The number of rotatable bonds is 4. The van der Waals surface area contributed by atoms with E-state index in [-0.39, 0.29) is 11.6 Å². The number of nitrogens with zero attached hydrogens (tertiary/aromatic N) is 4. The van der Waals surface area contributed by atoms with Gasteiger partial charge in [0.1, 0.15) is 17.2 Å². The molecule has 2 aromatic rings. The lowest BCUT2D eigenvalue weighted by molar-refractivity contribution is 0.0958. The van der Waals surface area contributed by atoms with E-state index in [1.54, 1.807) is 36.4 Å². The first kappa shape index (κ1) is 13.4. The molecule has 7 heteroatoms. The summed E-state index contributed by atoms with van der Waals surface area (Å²) in [6.45, 7) is 0. The SMILES string of the molecule is CNC(=O)c1cc(Oc2ccc(N=[N+]=[N-])cc2)ccn1. The second kappa shape index (κ2) is 6.21. The van der Waals surface area contributed by atoms with E-state index in [9.17, 15) is 4.79 Å². The number of ether oxygens (including phenoxy) is 1. The van der Waals surface area contributed by atoms with E-state index in [0.717, 1.165) is 0 Å². The number of hydrogen-bond acceptors (Lipinski definition) is 4. The van der Waals surface area contributed by atoms with Crippen LogP contribution in [0.25, 0.3) is 10.4 Å². The van der Waals surface area contributed by atoms with Crippen molar-refractivity contribution in [2.24, 2.45) is 5.11 Å². The van der Waals surface area contributed by atoms with Crippen LogP contribution in [-0.2, 0) is 0 Å². The minimum atomic E-state index is -0.283. The van der Waals surface area contributed by atoms with Gasteiger partial charge in [0.2, 0.25) is 0 Å². The fourth-order valence-corrected chi connectivity index (χ4v) is 1.50. The fourth-order valence-electron chi connectivity index (χ4n) is 1.50. The zero-order valence-corrected chi connectivity index (χ0v) is 10.6. The topological polar surface area (TPSA) is 100.0 Å². The number of hydrogen-bond donors (Lipinski definition) is 1. The Kier molecular flexibility index (Phi) is 4.16. The van der Waals surface area contributed by atoms with Crippen molar-refractivity contribution >= 4 is 11.6 Å². The molecule has 0 atom stereocenters. The molecule has 0 bridgehead atoms. The molecule has 2 rings (SSSR count). The summed E-state index contributed by atoms with van der Waals surface area (Å²) in [6.07, 6.45) is 1.49. The van der Waals surface area contributed by atoms with Crippen molar-refractivity contribution in [1.82, 2.24) is 10.3 Å². The van der Waals surface area contributed by atoms with Gasteiger partial charge in [-0.2, -0.15) is 0 Å². The Morgan fingerprint density at radius 2 is 2.05 bits per heavy atom. The van der Waals surface area contributed by atoms with Crippen LogP contribution in [0, 0.1) is 0 Å². The van der Waals surface area contributed by atoms with E-state index in [1.807, 2.05) is 0 Å². The van der Waals surface area contributed by atoms with Crippen molar-refractivity contribution in [1.29, 1.82) is 0 Å². The van der Waals surface area contributed by atoms with Gasteiger partial charge in [-0.15, -0.1) is 0 Å². The molecule has 0 spiro atoms. The third-order valence-corrected chi connectivity index (χ3v) is 2.42. The highest BCUT2D eigenvalue weighted by Crippen LogP contribution is 2.24. The van der Waals surface area contributed by atoms with E-state index in [4.69, 9.17) is 10.3 Å². The van der Waals surface area contributed by atoms with Crippen LogP contribution in [0.3, 0.4) is 0 Å². The van der Waals surface area contributed by atoms with Gasteiger partial charge in [-0.1, -0.05) is 5.11 Å². The molecular weight excluding hydrogens is 258 g/mol. The quantitative estimate of drug-likeness (QED) is 0.524. The van der Waals surface area contributed by atoms with Gasteiger partial charge in [0, 0.05) is 29.9 Å². The number of amides is 1. The molecule has 0 aliphatic rings. The van der Waals surface area contributed by atoms with E-state index in [0.29, 0.717) is 17.2 Å². The molecule has 0 aliphatic carbocycles. The van der Waals surface area contributed by atoms with Crippen molar-refractivity contribution in [2.75, 3.05) is 7.05 Å². The smallest absolute Gasteiger partial charge is 0.269 e. The first-order chi connectivity index (χ1) is 9.72. The molecule has 0 saturated carbocycles. The van der Waals surface area contributed by atoms with Gasteiger partial charge >= 0.3 is 0 Å². The van der Waals surface area contributed by atoms with Crippen molar-refractivity contribution < 1.29 is 9.53 Å². The Balaban J connectivity index is 2.17. The van der Waals surface area contributed by atoms with Crippen molar-refractivity contribution in [2.45, 2.75) is 0 Å². The van der Waals surface area contributed by atoms with Crippen LogP contribution in [-0.4, -0.2) is 17.9 Å². The predicted molar refractivity (Wildman–Crippen MR) is 72.9 cm³/mol. The van der Waals surface area contributed by atoms with Crippen LogP contribution in [0.4, 0.5) is 5.69 Å². The average molecular weight is 269 g/mol. The summed E-state index contributed by atoms with van der Waals surface area (Å²) in [5.74, 6) is 0.778. The Labute approximate surface area is 114 Å². The van der Waals surface area contributed by atoms with Crippen molar-refractivity contribution in [3.63, 3.8) is 0 Å². The van der Waals surface area contributed by atoms with Crippen LogP contribution in [0.2, 0.25) is 0 Å². The molecule has 1 heterocycles. The molecule has 1 aromatic heterocycles. The number of aromatic nitrogens is 1. The highest BCUT2D eigenvalue weighted by atomic mass is 16.5. The average Bonchev–Trinajstić information content (AvgIpc) is 2.49. The first-order valence-electron chi connectivity index (χ1n) is 5.74. The Morgan fingerprint density at radius 3 is 2.70 bits per heavy atom. The van der Waals surface area contributed by atoms with E-state index in [2.05, 4.69) is 20.3 Å². The molecule has 0 fully saturated rings. The molecule has 0 unspecified atom stereocenters. The number of nitrogens with one attached hydrogen (secondary N) is 1. The molecule has 0 radical (unpaired) electrons. The summed E-state index contributed by atoms with van der Waals surface area (Å²) in [5, 5.41) is 5.96. The van der Waals surface area contributed by atoms with Crippen LogP contribution < -0.4 is 10.1 Å². The van der Waals surface area contributed by atoms with Gasteiger partial charge in [0.25, 0.3) is 5.91 Å². The van der Waals surface area contributed by atoms with E-state index < -0.39 is 0 Å². The maximum atomic E-state index is 11.5. The minimum absolute atomic E-state index is 0.274. The highest BCUT2D eigenvalue weighted by Gasteiger charge is 2.06. The molecule has 7 nitrogen and oxygen atoms in total. The normalized spacial score (nSPS) is 9.45. The maximum absolute atomic E-state index is 11.5. The van der Waals surface area contributed by atoms with Gasteiger partial charge in [0.15, 0.2) is 0 Å². The lowest BCUT2D eigenvalue weighted by Crippen LogP contribution is -2.18. The van der Waals surface area contributed by atoms with Crippen LogP contribution in [0.15, 0.2) is 47.7 Å². The zero-order valence-electron chi connectivity index (χ0n) is 10.6. The maximum Gasteiger partial charge on any atom is 0.269 e. The van der Waals surface area contributed by atoms with Gasteiger partial charge < -0.3 is 10.1 Å². The zero-order chi connectivity index (χ0) is 14.4. The third-order valence-electron chi connectivity index (χ3n) is 2.42. The van der Waals surface area contributed by atoms with Gasteiger partial charge in [-0.3, -0.25) is 9.78 Å². The molecule has 100 valence electrons. The molecule has 0 saturated heterocycles. The van der Waals surface area contributed by atoms with Crippen LogP contribution in [0.1, 0.15) is 10.5 Å². The summed E-state index contributed by atoms with van der Waals surface area (Å²) in [4.78, 5) is 18.1. The third kappa shape index (κ3) is 3.24. The summed E-state index contributed by atoms with van der Waals surface area (Å²) in [5.41, 5.74) is 9.09. The van der Waals surface area contributed by atoms with Gasteiger partial charge in [-0.25, -0.2) is 0 Å². The largest absolute Gasteiger partial charge is 0.457 e. The number of azide groups is 1. The number of benzene rings is 1. The molecular formula is C13H11N5O2. The van der Waals surface area contributed by atoms with Crippen molar-refractivity contribution in [3.05, 3.63) is 58.7 Å². The Bertz CT molecular complexity index is 663. The molecule has 20 heavy (non-hydrogen) atoms. The summed E-state index contributed by atoms with van der Waals surface area (Å²) < 4.78 is 5.59. The predicted octanol–water partition coefficient (Wildman–Crippen LogP) is 3.18. The van der Waals surface area contributed by atoms with Gasteiger partial charge in [-0.05, 0) is 35.9 Å². The summed E-state index contributed by atoms with van der Waals surface area (Å²) in [7, 11) is 1.53. The Morgan fingerprint density at radius 1 is 1.30 bits per heavy atom. The minimum Gasteiger partial charge on any atom is -0.457 e. The van der Waals surface area contributed by atoms with E-state index in [1.165, 1.54) is 13.2 Å². The monoisotopic (exact) mass is 269 g/mol. The standard InChI is InChI=1S/C13H11N5O2/c1-15-13(19)12-8-11(6-7-16-12)20-10-4-2-9(3-5-10)17-18-14/h2-8H,1H3,(H,15,19). The van der Waals surface area contributed by atoms with Crippen LogP contribution in [0.5, 0.6) is 11.5 Å². The second-order valence-electron chi connectivity index (χ2n) is 3.74. The first-order valence-corrected chi connectivity index (χ1v) is 5.74. The number of carbonyl (C=O) groups excluding carboxylic acids is 1. The molecule has 1 amide bonds. The Hall–Kier alpha value is -3.05. The summed E-state index contributed by atoms with van der Waals surface area (Å²) >= 11 is 0. The lowest BCUT2D eigenvalue weighted by Gasteiger charge is -2.06. The van der Waals surface area contributed by atoms with Crippen molar-refractivity contribution in [3.8, 4) is 11.5 Å². The fraction of sp³-hybridized carbons (Fsp3) is 0.0769. The molecule has 0 aliphatic heterocycles. The lowest BCUT2D eigenvalue weighted by atomic mass is 10.3. The van der Waals surface area contributed by atoms with Crippen LogP contribution >= 0.6 is 0 Å². The van der Waals surface area contributed by atoms with E-state index >= 15 is 0 Å². The summed E-state index contributed by atoms with van der Waals surface area (Å²) in [6, 6.07) is 9.80. The highest BCUT2D eigenvalue weighted by molar-refractivity contribution is 5.92.